The van der Waals surface area contributed by atoms with Crippen LogP contribution in [-0.4, -0.2) is 17.0 Å². The molecule has 20 heavy (non-hydrogen) atoms. The van der Waals surface area contributed by atoms with Gasteiger partial charge >= 0.3 is 5.97 Å². The lowest BCUT2D eigenvalue weighted by Gasteiger charge is -2.05. The number of aromatic nitrogens is 1. The molecule has 0 unspecified atom stereocenters. The van der Waals surface area contributed by atoms with Crippen molar-refractivity contribution in [2.75, 3.05) is 6.61 Å². The Morgan fingerprint density at radius 2 is 2.25 bits per heavy atom. The van der Waals surface area contributed by atoms with Gasteiger partial charge in [-0.3, -0.25) is 0 Å². The molecule has 2 aromatic rings. The van der Waals surface area contributed by atoms with Crippen LogP contribution in [0, 0.1) is 18.3 Å². The predicted molar refractivity (Wildman–Crippen MR) is 67.8 cm³/mol. The molecule has 2 aromatic heterocycles. The number of nitriles is 1. The normalized spacial score (nSPS) is 10.8. The highest BCUT2D eigenvalue weighted by Crippen LogP contribution is 2.33. The summed E-state index contributed by atoms with van der Waals surface area (Å²) in [6.45, 7) is 3.36. The highest BCUT2D eigenvalue weighted by Gasteiger charge is 2.30. The fraction of sp³-hybridized carbons (Fsp3) is 0.286. The summed E-state index contributed by atoms with van der Waals surface area (Å²) in [5.74, 6) is -0.837. The third-order valence-corrected chi connectivity index (χ3v) is 3.00. The van der Waals surface area contributed by atoms with Gasteiger partial charge in [-0.25, -0.2) is 13.6 Å². The Bertz CT molecular complexity index is 714. The number of ether oxygens (including phenoxy) is 1. The summed E-state index contributed by atoms with van der Waals surface area (Å²) in [4.78, 5) is 12.0. The van der Waals surface area contributed by atoms with E-state index in [-0.39, 0.29) is 23.4 Å². The number of hydrogen-bond donors (Lipinski definition) is 0. The Morgan fingerprint density at radius 1 is 1.55 bits per heavy atom. The second-order valence-corrected chi connectivity index (χ2v) is 4.18. The molecule has 4 nitrogen and oxygen atoms in total. The van der Waals surface area contributed by atoms with Gasteiger partial charge in [0, 0.05) is 6.20 Å². The topological polar surface area (TPSA) is 54.5 Å². The van der Waals surface area contributed by atoms with Crippen molar-refractivity contribution in [3.8, 4) is 6.07 Å². The number of halogens is 2. The Hall–Kier alpha value is -2.42. The largest absolute Gasteiger partial charge is 0.462 e. The summed E-state index contributed by atoms with van der Waals surface area (Å²) in [6.07, 6.45) is -1.45. The quantitative estimate of drug-likeness (QED) is 0.810. The van der Waals surface area contributed by atoms with Gasteiger partial charge in [-0.2, -0.15) is 5.26 Å². The van der Waals surface area contributed by atoms with E-state index < -0.39 is 18.0 Å². The first-order valence-electron chi connectivity index (χ1n) is 6.01. The summed E-state index contributed by atoms with van der Waals surface area (Å²) in [7, 11) is 0. The molecule has 0 aliphatic rings. The van der Waals surface area contributed by atoms with Gasteiger partial charge in [0.15, 0.2) is 0 Å². The van der Waals surface area contributed by atoms with Crippen LogP contribution < -0.4 is 0 Å². The van der Waals surface area contributed by atoms with Gasteiger partial charge in [-0.05, 0) is 25.5 Å². The monoisotopic (exact) mass is 278 g/mol. The molecule has 0 atom stereocenters. The fourth-order valence-corrected chi connectivity index (χ4v) is 2.23. The van der Waals surface area contributed by atoms with Crippen molar-refractivity contribution in [3.05, 3.63) is 40.7 Å². The molecular formula is C14H12F2N2O2. The van der Waals surface area contributed by atoms with Gasteiger partial charge in [0.05, 0.1) is 23.3 Å². The van der Waals surface area contributed by atoms with E-state index in [1.807, 2.05) is 0 Å². The van der Waals surface area contributed by atoms with E-state index in [0.717, 1.165) is 0 Å². The summed E-state index contributed by atoms with van der Waals surface area (Å²) >= 11 is 0. The van der Waals surface area contributed by atoms with Crippen LogP contribution in [0.1, 0.15) is 40.5 Å². The second-order valence-electron chi connectivity index (χ2n) is 4.18. The van der Waals surface area contributed by atoms with Crippen LogP contribution in [0.2, 0.25) is 0 Å². The highest BCUT2D eigenvalue weighted by atomic mass is 19.3. The number of nitrogens with zero attached hydrogens (tertiary/aromatic N) is 2. The first-order valence-corrected chi connectivity index (χ1v) is 6.01. The number of esters is 1. The molecule has 0 amide bonds. The molecule has 0 radical (unpaired) electrons. The van der Waals surface area contributed by atoms with Gasteiger partial charge in [0.2, 0.25) is 0 Å². The fourth-order valence-electron chi connectivity index (χ4n) is 2.23. The van der Waals surface area contributed by atoms with Gasteiger partial charge in [-0.15, -0.1) is 0 Å². The minimum absolute atomic E-state index is 0.0760. The van der Waals surface area contributed by atoms with Crippen LogP contribution in [0.25, 0.3) is 5.52 Å². The third kappa shape index (κ3) is 2.01. The lowest BCUT2D eigenvalue weighted by atomic mass is 10.1. The van der Waals surface area contributed by atoms with E-state index in [2.05, 4.69) is 0 Å². The van der Waals surface area contributed by atoms with Crippen LogP contribution in [0.15, 0.2) is 18.3 Å². The lowest BCUT2D eigenvalue weighted by molar-refractivity contribution is 0.0518. The number of carbonyl (C=O) groups is 1. The molecule has 0 N–H and O–H groups in total. The third-order valence-electron chi connectivity index (χ3n) is 3.00. The van der Waals surface area contributed by atoms with Crippen molar-refractivity contribution in [1.82, 2.24) is 4.40 Å². The van der Waals surface area contributed by atoms with Crippen LogP contribution in [0.3, 0.4) is 0 Å². The molecule has 0 saturated carbocycles. The number of carbonyl (C=O) groups excluding carboxylic acids is 1. The molecule has 0 aromatic carbocycles. The molecule has 0 saturated heterocycles. The molecular weight excluding hydrogens is 266 g/mol. The maximum Gasteiger partial charge on any atom is 0.340 e. The van der Waals surface area contributed by atoms with E-state index >= 15 is 0 Å². The first kappa shape index (κ1) is 14.0. The van der Waals surface area contributed by atoms with E-state index in [4.69, 9.17) is 10.00 Å². The molecule has 104 valence electrons. The standard InChI is InChI=1S/C14H12F2N2O2/c1-3-20-14(19)11-10(13(15)16)9(7-17)18-6-4-5-8(2)12(11)18/h4-6,13H,3H2,1-2H3. The van der Waals surface area contributed by atoms with Gasteiger partial charge in [-0.1, -0.05) is 6.07 Å². The summed E-state index contributed by atoms with van der Waals surface area (Å²) in [5.41, 5.74) is -0.116. The lowest BCUT2D eigenvalue weighted by Crippen LogP contribution is -2.08. The van der Waals surface area contributed by atoms with Crippen LogP contribution in [0.4, 0.5) is 8.78 Å². The van der Waals surface area contributed by atoms with Gasteiger partial charge in [0.25, 0.3) is 6.43 Å². The van der Waals surface area contributed by atoms with Crippen LogP contribution in [0.5, 0.6) is 0 Å². The molecule has 0 spiro atoms. The molecule has 6 heteroatoms. The highest BCUT2D eigenvalue weighted by molar-refractivity contribution is 6.01. The smallest absolute Gasteiger partial charge is 0.340 e. The first-order chi connectivity index (χ1) is 9.52. The number of rotatable bonds is 3. The summed E-state index contributed by atoms with van der Waals surface area (Å²) in [5, 5.41) is 9.12. The zero-order valence-electron chi connectivity index (χ0n) is 11.0. The molecule has 0 fully saturated rings. The predicted octanol–water partition coefficient (Wildman–Crippen LogP) is 3.23. The minimum atomic E-state index is -2.93. The maximum atomic E-state index is 13.3. The van der Waals surface area contributed by atoms with Crippen molar-refractivity contribution < 1.29 is 18.3 Å². The zero-order valence-corrected chi connectivity index (χ0v) is 11.0. The van der Waals surface area contributed by atoms with Crippen LogP contribution in [-0.2, 0) is 4.74 Å². The number of pyridine rings is 1. The van der Waals surface area contributed by atoms with Crippen molar-refractivity contribution in [2.24, 2.45) is 0 Å². The Morgan fingerprint density at radius 3 is 2.80 bits per heavy atom. The molecule has 2 rings (SSSR count). The average molecular weight is 278 g/mol. The summed E-state index contributed by atoms with van der Waals surface area (Å²) in [6, 6.07) is 5.06. The van der Waals surface area contributed by atoms with Gasteiger partial charge in [0.1, 0.15) is 11.8 Å². The van der Waals surface area contributed by atoms with E-state index in [0.29, 0.717) is 5.56 Å². The second kappa shape index (κ2) is 5.29. The average Bonchev–Trinajstić information content (AvgIpc) is 2.74. The number of hydrogen-bond acceptors (Lipinski definition) is 3. The van der Waals surface area contributed by atoms with E-state index in [1.54, 1.807) is 32.0 Å². The van der Waals surface area contributed by atoms with Crippen molar-refractivity contribution in [1.29, 1.82) is 5.26 Å². The molecule has 0 aliphatic heterocycles. The Labute approximate surface area is 114 Å². The Balaban J connectivity index is 2.92. The number of aryl methyl sites for hydroxylation is 1. The molecule has 0 aliphatic carbocycles. The number of fused-ring (bicyclic) bond motifs is 1. The van der Waals surface area contributed by atoms with Crippen molar-refractivity contribution >= 4 is 11.5 Å². The molecule has 0 bridgehead atoms. The van der Waals surface area contributed by atoms with Crippen molar-refractivity contribution in [3.63, 3.8) is 0 Å². The number of alkyl halides is 2. The zero-order chi connectivity index (χ0) is 14.9. The van der Waals surface area contributed by atoms with Crippen molar-refractivity contribution in [2.45, 2.75) is 20.3 Å². The van der Waals surface area contributed by atoms with Gasteiger partial charge < -0.3 is 9.14 Å². The SMILES string of the molecule is CCOC(=O)c1c(C(F)F)c(C#N)n2cccc(C)c12. The minimum Gasteiger partial charge on any atom is -0.462 e. The van der Waals surface area contributed by atoms with E-state index in [9.17, 15) is 13.6 Å². The van der Waals surface area contributed by atoms with Crippen LogP contribution >= 0.6 is 0 Å². The Kier molecular flexibility index (Phi) is 3.70. The molecule has 2 heterocycles. The summed E-state index contributed by atoms with van der Waals surface area (Å²) < 4.78 is 32.7. The van der Waals surface area contributed by atoms with E-state index in [1.165, 1.54) is 10.6 Å². The maximum absolute atomic E-state index is 13.3.